The van der Waals surface area contributed by atoms with Gasteiger partial charge in [-0.2, -0.15) is 0 Å². The summed E-state index contributed by atoms with van der Waals surface area (Å²) in [6.45, 7) is 9.07. The van der Waals surface area contributed by atoms with Gasteiger partial charge in [0.1, 0.15) is 0 Å². The van der Waals surface area contributed by atoms with Crippen LogP contribution in [0, 0.1) is 13.8 Å². The first-order chi connectivity index (χ1) is 29.4. The molecular weight excluding hydrogens is 725 g/mol. The Balaban J connectivity index is 1.15. The normalized spacial score (nSPS) is 12.5. The van der Waals surface area contributed by atoms with Crippen molar-refractivity contribution in [1.29, 1.82) is 0 Å². The average molecular weight is 813 g/mol. The lowest BCUT2D eigenvalue weighted by atomic mass is 9.84. The van der Waals surface area contributed by atoms with Gasteiger partial charge in [-0.25, -0.2) is 0 Å². The smallest absolute Gasteiger partial charge is 0.0316 e. The molecule has 0 saturated heterocycles. The van der Waals surface area contributed by atoms with Gasteiger partial charge in [0.15, 0.2) is 0 Å². The average Bonchev–Trinajstić information content (AvgIpc) is 3.25. The van der Waals surface area contributed by atoms with Crippen molar-refractivity contribution in [3.8, 4) is 0 Å². The lowest BCUT2D eigenvalue weighted by Crippen LogP contribution is -2.05. The third kappa shape index (κ3) is 18.6. The fourth-order valence-corrected chi connectivity index (χ4v) is 9.70. The fraction of sp³-hybridized carbons (Fsp3) is 0.586. The molecule has 0 aliphatic heterocycles. The van der Waals surface area contributed by atoms with Crippen LogP contribution in [0.2, 0.25) is 0 Å². The molecule has 0 bridgehead atoms. The van der Waals surface area contributed by atoms with Gasteiger partial charge in [0, 0.05) is 23.2 Å². The molecule has 0 aliphatic rings. The van der Waals surface area contributed by atoms with Crippen LogP contribution in [0.5, 0.6) is 0 Å². The van der Waals surface area contributed by atoms with E-state index in [9.17, 15) is 0 Å². The van der Waals surface area contributed by atoms with Crippen LogP contribution in [0.15, 0.2) is 84.9 Å². The summed E-state index contributed by atoms with van der Waals surface area (Å²) in [5.74, 6) is 0.902. The highest BCUT2D eigenvalue weighted by Gasteiger charge is 2.18. The Morgan fingerprint density at radius 1 is 0.350 bits per heavy atom. The summed E-state index contributed by atoms with van der Waals surface area (Å²) < 4.78 is 0. The molecule has 0 saturated carbocycles. The van der Waals surface area contributed by atoms with Crippen molar-refractivity contribution in [2.45, 2.75) is 219 Å². The van der Waals surface area contributed by atoms with Gasteiger partial charge in [0.2, 0.25) is 0 Å². The highest BCUT2D eigenvalue weighted by Crippen LogP contribution is 2.35. The van der Waals surface area contributed by atoms with Crippen LogP contribution in [0.4, 0.5) is 11.4 Å². The molecule has 4 N–H and O–H groups in total. The van der Waals surface area contributed by atoms with Crippen molar-refractivity contribution in [3.63, 3.8) is 0 Å². The lowest BCUT2D eigenvalue weighted by Gasteiger charge is -2.21. The van der Waals surface area contributed by atoms with Gasteiger partial charge in [0.05, 0.1) is 0 Å². The topological polar surface area (TPSA) is 52.0 Å². The molecule has 330 valence electrons. The summed E-state index contributed by atoms with van der Waals surface area (Å²) in [4.78, 5) is 0. The molecule has 0 aromatic heterocycles. The number of hydrogen-bond donors (Lipinski definition) is 2. The van der Waals surface area contributed by atoms with Crippen molar-refractivity contribution in [3.05, 3.63) is 129 Å². The van der Waals surface area contributed by atoms with Crippen LogP contribution in [0.25, 0.3) is 0 Å². The molecule has 0 fully saturated rings. The largest absolute Gasteiger partial charge is 0.399 e. The Labute approximate surface area is 370 Å². The van der Waals surface area contributed by atoms with E-state index < -0.39 is 0 Å². The van der Waals surface area contributed by atoms with Crippen LogP contribution < -0.4 is 11.5 Å². The standard InChI is InChI=1S/C58H88N2/c1-5-7-9-11-13-15-17-23-27-31-57(55-43-41-53(59)45-47(55)3)51-37-33-49(34-38-51)29-25-21-19-20-22-26-30-50-35-39-52(40-36-50)58(56-44-42-54(60)46-48(56)4)32-28-24-18-16-14-12-10-8-6-2/h33-46,57-58H,5-32,59-60H2,1-4H3. The maximum atomic E-state index is 6.16. The Bertz CT molecular complexity index is 1560. The summed E-state index contributed by atoms with van der Waals surface area (Å²) in [6.07, 6.45) is 37.4. The second kappa shape index (κ2) is 29.7. The van der Waals surface area contributed by atoms with Gasteiger partial charge >= 0.3 is 0 Å². The first-order valence-corrected chi connectivity index (χ1v) is 25.3. The van der Waals surface area contributed by atoms with Crippen molar-refractivity contribution >= 4 is 11.4 Å². The molecule has 0 aliphatic carbocycles. The first kappa shape index (κ1) is 49.1. The summed E-state index contributed by atoms with van der Waals surface area (Å²) in [5, 5.41) is 0. The van der Waals surface area contributed by atoms with E-state index in [0.29, 0.717) is 11.8 Å². The van der Waals surface area contributed by atoms with Crippen LogP contribution in [-0.4, -0.2) is 0 Å². The summed E-state index contributed by atoms with van der Waals surface area (Å²) in [7, 11) is 0. The quantitative estimate of drug-likeness (QED) is 0.0372. The highest BCUT2D eigenvalue weighted by molar-refractivity contribution is 5.49. The number of aryl methyl sites for hydroxylation is 4. The van der Waals surface area contributed by atoms with Crippen LogP contribution in [0.1, 0.15) is 237 Å². The predicted octanol–water partition coefficient (Wildman–Crippen LogP) is 17.7. The minimum absolute atomic E-state index is 0.451. The van der Waals surface area contributed by atoms with Gasteiger partial charge in [0.25, 0.3) is 0 Å². The summed E-state index contributed by atoms with van der Waals surface area (Å²) >= 11 is 0. The molecule has 0 amide bonds. The van der Waals surface area contributed by atoms with Crippen LogP contribution >= 0.6 is 0 Å². The SMILES string of the molecule is CCCCCCCCCCCC(c1ccc(CCCCCCCCc2ccc(C(CCCCCCCCCCC)c3ccc(N)cc3C)cc2)cc1)c1ccc(N)cc1C. The Kier molecular flexibility index (Phi) is 24.3. The number of rotatable bonds is 33. The van der Waals surface area contributed by atoms with E-state index >= 15 is 0 Å². The molecule has 4 rings (SSSR count). The number of nitrogens with two attached hydrogens (primary N) is 2. The third-order valence-electron chi connectivity index (χ3n) is 13.5. The van der Waals surface area contributed by atoms with E-state index in [2.05, 4.69) is 113 Å². The molecule has 0 radical (unpaired) electrons. The molecule has 2 heteroatoms. The number of anilines is 2. The fourth-order valence-electron chi connectivity index (χ4n) is 9.70. The summed E-state index contributed by atoms with van der Waals surface area (Å²) in [6, 6.07) is 32.4. The third-order valence-corrected chi connectivity index (χ3v) is 13.5. The number of hydrogen-bond acceptors (Lipinski definition) is 2. The first-order valence-electron chi connectivity index (χ1n) is 25.3. The van der Waals surface area contributed by atoms with Crippen LogP contribution in [-0.2, 0) is 12.8 Å². The maximum absolute atomic E-state index is 6.16. The molecule has 2 unspecified atom stereocenters. The zero-order valence-corrected chi connectivity index (χ0v) is 39.2. The number of nitrogen functional groups attached to an aromatic ring is 2. The molecule has 0 heterocycles. The monoisotopic (exact) mass is 813 g/mol. The second-order valence-corrected chi connectivity index (χ2v) is 18.7. The maximum Gasteiger partial charge on any atom is 0.0316 e. The Hall–Kier alpha value is -3.52. The van der Waals surface area contributed by atoms with Gasteiger partial charge in [-0.05, 0) is 121 Å². The van der Waals surface area contributed by atoms with Crippen molar-refractivity contribution < 1.29 is 0 Å². The van der Waals surface area contributed by atoms with Crippen molar-refractivity contribution in [1.82, 2.24) is 0 Å². The van der Waals surface area contributed by atoms with Crippen molar-refractivity contribution in [2.24, 2.45) is 0 Å². The highest BCUT2D eigenvalue weighted by atomic mass is 14.5. The molecule has 2 nitrogen and oxygen atoms in total. The second-order valence-electron chi connectivity index (χ2n) is 18.7. The van der Waals surface area contributed by atoms with E-state index in [-0.39, 0.29) is 0 Å². The minimum atomic E-state index is 0.451. The Morgan fingerprint density at radius 3 is 0.967 bits per heavy atom. The van der Waals surface area contributed by atoms with E-state index in [1.807, 2.05) is 0 Å². The van der Waals surface area contributed by atoms with E-state index in [0.717, 1.165) is 11.4 Å². The van der Waals surface area contributed by atoms with Gasteiger partial charge < -0.3 is 11.5 Å². The Morgan fingerprint density at radius 2 is 0.650 bits per heavy atom. The van der Waals surface area contributed by atoms with E-state index in [1.165, 1.54) is 224 Å². The van der Waals surface area contributed by atoms with Gasteiger partial charge in [-0.3, -0.25) is 0 Å². The van der Waals surface area contributed by atoms with E-state index in [1.54, 1.807) is 0 Å². The number of benzene rings is 4. The molecule has 4 aromatic carbocycles. The van der Waals surface area contributed by atoms with E-state index in [4.69, 9.17) is 11.5 Å². The molecule has 60 heavy (non-hydrogen) atoms. The zero-order valence-electron chi connectivity index (χ0n) is 39.2. The summed E-state index contributed by atoms with van der Waals surface area (Å²) in [5.41, 5.74) is 25.5. The zero-order chi connectivity index (χ0) is 42.6. The van der Waals surface area contributed by atoms with Gasteiger partial charge in [-0.15, -0.1) is 0 Å². The lowest BCUT2D eigenvalue weighted by molar-refractivity contribution is 0.545. The molecule has 0 spiro atoms. The molecular formula is C58H88N2. The van der Waals surface area contributed by atoms with Gasteiger partial charge in [-0.1, -0.05) is 216 Å². The van der Waals surface area contributed by atoms with Crippen molar-refractivity contribution in [2.75, 3.05) is 11.5 Å². The molecule has 4 aromatic rings. The number of unbranched alkanes of at least 4 members (excludes halogenated alkanes) is 21. The molecule has 2 atom stereocenters. The predicted molar refractivity (Wildman–Crippen MR) is 267 cm³/mol. The van der Waals surface area contributed by atoms with Crippen LogP contribution in [0.3, 0.4) is 0 Å². The minimum Gasteiger partial charge on any atom is -0.399 e.